The van der Waals surface area contributed by atoms with Gasteiger partial charge in [-0.05, 0) is 56.4 Å². The molecule has 0 radical (unpaired) electrons. The summed E-state index contributed by atoms with van der Waals surface area (Å²) in [6.07, 6.45) is -3.12. The third kappa shape index (κ3) is 7.15. The highest BCUT2D eigenvalue weighted by molar-refractivity contribution is 6.21. The van der Waals surface area contributed by atoms with Crippen LogP contribution in [0.2, 0.25) is 0 Å². The number of unbranched alkanes of at least 4 members (excludes halogenated alkanes) is 3. The quantitative estimate of drug-likeness (QED) is 0.204. The van der Waals surface area contributed by atoms with Gasteiger partial charge in [0, 0.05) is 17.9 Å². The summed E-state index contributed by atoms with van der Waals surface area (Å²) >= 11 is 0. The third-order valence-corrected chi connectivity index (χ3v) is 7.46. The highest BCUT2D eigenvalue weighted by Crippen LogP contribution is 2.40. The maximum atomic E-state index is 13.4. The number of imide groups is 1. The number of hydrogen-bond acceptors (Lipinski definition) is 7. The molecule has 0 aromatic heterocycles. The maximum absolute atomic E-state index is 13.4. The zero-order chi connectivity index (χ0) is 31.3. The van der Waals surface area contributed by atoms with E-state index in [1.165, 1.54) is 30.2 Å². The topological polar surface area (TPSA) is 102 Å². The summed E-state index contributed by atoms with van der Waals surface area (Å²) in [5.41, 5.74) is 2.21. The molecule has 43 heavy (non-hydrogen) atoms. The van der Waals surface area contributed by atoms with Crippen LogP contribution in [0.1, 0.15) is 77.3 Å². The number of fused-ring (bicyclic) bond motifs is 1. The molecule has 2 aromatic rings. The number of nitrogens with zero attached hydrogens (tertiary/aromatic N) is 1. The molecule has 4 rings (SSSR count). The van der Waals surface area contributed by atoms with E-state index in [0.29, 0.717) is 60.3 Å². The molecule has 2 amide bonds. The van der Waals surface area contributed by atoms with Crippen LogP contribution in [0.15, 0.2) is 71.1 Å². The molecular weight excluding hydrogens is 565 g/mol. The molecule has 1 atom stereocenters. The van der Waals surface area contributed by atoms with E-state index < -0.39 is 30.5 Å². The van der Waals surface area contributed by atoms with Crippen molar-refractivity contribution >= 4 is 23.8 Å². The van der Waals surface area contributed by atoms with E-state index in [1.54, 1.807) is 44.2 Å². The van der Waals surface area contributed by atoms with E-state index in [9.17, 15) is 32.3 Å². The summed E-state index contributed by atoms with van der Waals surface area (Å²) in [4.78, 5) is 52.4. The lowest BCUT2D eigenvalue weighted by Crippen LogP contribution is -2.32. The monoisotopic (exact) mass is 598 g/mol. The van der Waals surface area contributed by atoms with Crippen LogP contribution < -0.4 is 5.32 Å². The van der Waals surface area contributed by atoms with Gasteiger partial charge < -0.3 is 14.8 Å². The lowest BCUT2D eigenvalue weighted by atomic mass is 9.80. The van der Waals surface area contributed by atoms with Crippen LogP contribution in [-0.4, -0.2) is 55.1 Å². The van der Waals surface area contributed by atoms with E-state index in [1.807, 2.05) is 0 Å². The van der Waals surface area contributed by atoms with Crippen LogP contribution >= 0.6 is 0 Å². The normalized spacial score (nSPS) is 16.8. The Bertz CT molecular complexity index is 1460. The zero-order valence-electron chi connectivity index (χ0n) is 24.2. The second kappa shape index (κ2) is 13.3. The van der Waals surface area contributed by atoms with Crippen LogP contribution in [0.4, 0.5) is 13.2 Å². The number of nitrogens with one attached hydrogen (secondary N) is 1. The number of halogens is 3. The van der Waals surface area contributed by atoms with Gasteiger partial charge in [-0.15, -0.1) is 0 Å². The van der Waals surface area contributed by atoms with Gasteiger partial charge in [0.15, 0.2) is 0 Å². The molecule has 2 aliphatic rings. The van der Waals surface area contributed by atoms with Gasteiger partial charge in [-0.1, -0.05) is 42.8 Å². The number of methoxy groups -OCH3 is 1. The fourth-order valence-electron chi connectivity index (χ4n) is 5.50. The van der Waals surface area contributed by atoms with Crippen LogP contribution in [0.5, 0.6) is 0 Å². The molecule has 0 spiro atoms. The fourth-order valence-corrected chi connectivity index (χ4v) is 5.50. The smallest absolute Gasteiger partial charge is 0.393 e. The number of benzene rings is 2. The number of alkyl halides is 3. The minimum atomic E-state index is -4.43. The van der Waals surface area contributed by atoms with Crippen LogP contribution in [0.3, 0.4) is 0 Å². The first-order valence-electron chi connectivity index (χ1n) is 14.0. The predicted octanol–water partition coefficient (Wildman–Crippen LogP) is 5.60. The van der Waals surface area contributed by atoms with E-state index >= 15 is 0 Å². The molecule has 2 aromatic carbocycles. The number of hydrogen-bond donors (Lipinski definition) is 1. The van der Waals surface area contributed by atoms with Gasteiger partial charge in [-0.25, -0.2) is 9.59 Å². The molecule has 1 unspecified atom stereocenters. The Morgan fingerprint density at radius 1 is 0.860 bits per heavy atom. The SMILES string of the molecule is COC(=O)C1=C(C)NC(C)=C(C(=O)OCCCCCCN2C(=O)c3ccccc3C2=O)C1c1cccc(CC(F)(F)F)c1. The number of carbonyl (C=O) groups is 4. The lowest BCUT2D eigenvalue weighted by molar-refractivity contribution is -0.139. The Morgan fingerprint density at radius 3 is 2.07 bits per heavy atom. The Hall–Kier alpha value is -4.41. The van der Waals surface area contributed by atoms with E-state index in [4.69, 9.17) is 9.47 Å². The largest absolute Gasteiger partial charge is 0.466 e. The van der Waals surface area contributed by atoms with Crippen LogP contribution in [-0.2, 0) is 25.5 Å². The van der Waals surface area contributed by atoms with Crippen molar-refractivity contribution in [2.45, 2.75) is 58.0 Å². The first kappa shape index (κ1) is 31.5. The second-order valence-electron chi connectivity index (χ2n) is 10.5. The van der Waals surface area contributed by atoms with Crippen molar-refractivity contribution < 1.29 is 41.8 Å². The van der Waals surface area contributed by atoms with Crippen molar-refractivity contribution in [1.29, 1.82) is 0 Å². The minimum Gasteiger partial charge on any atom is -0.466 e. The Balaban J connectivity index is 1.37. The van der Waals surface area contributed by atoms with Gasteiger partial charge in [0.1, 0.15) is 0 Å². The first-order valence-corrected chi connectivity index (χ1v) is 14.0. The van der Waals surface area contributed by atoms with Crippen molar-refractivity contribution in [2.75, 3.05) is 20.3 Å². The number of carbonyl (C=O) groups excluding carboxylic acids is 4. The minimum absolute atomic E-state index is 0.00279. The molecule has 2 heterocycles. The summed E-state index contributed by atoms with van der Waals surface area (Å²) in [7, 11) is 1.19. The standard InChI is InChI=1S/C32H33F3N2O6/c1-19-25(30(40)42-3)27(22-12-10-11-21(17-22)18-32(33,34)35)26(20(2)36-19)31(41)43-16-9-5-4-8-15-37-28(38)23-13-6-7-14-24(23)29(37)39/h6-7,10-14,17,27,36H,4-5,8-9,15-16,18H2,1-3H3. The molecule has 11 heteroatoms. The number of dihydropyridines is 1. The van der Waals surface area contributed by atoms with Crippen LogP contribution in [0, 0.1) is 0 Å². The molecule has 0 saturated carbocycles. The van der Waals surface area contributed by atoms with Crippen molar-refractivity contribution in [3.63, 3.8) is 0 Å². The molecule has 0 fully saturated rings. The third-order valence-electron chi connectivity index (χ3n) is 7.46. The van der Waals surface area contributed by atoms with E-state index in [-0.39, 0.29) is 35.1 Å². The molecule has 0 aliphatic carbocycles. The molecule has 0 bridgehead atoms. The Labute approximate surface area is 247 Å². The molecule has 1 N–H and O–H groups in total. The molecular formula is C32H33F3N2O6. The number of amides is 2. The average molecular weight is 599 g/mol. The summed E-state index contributed by atoms with van der Waals surface area (Å²) in [5, 5.41) is 3.00. The van der Waals surface area contributed by atoms with E-state index in [0.717, 1.165) is 0 Å². The maximum Gasteiger partial charge on any atom is 0.393 e. The summed E-state index contributed by atoms with van der Waals surface area (Å²) in [5.74, 6) is -3.00. The Morgan fingerprint density at radius 2 is 1.47 bits per heavy atom. The summed E-state index contributed by atoms with van der Waals surface area (Å²) in [6, 6.07) is 12.4. The second-order valence-corrected chi connectivity index (χ2v) is 10.5. The highest BCUT2D eigenvalue weighted by Gasteiger charge is 2.38. The van der Waals surface area contributed by atoms with Crippen LogP contribution in [0.25, 0.3) is 0 Å². The number of esters is 2. The van der Waals surface area contributed by atoms with E-state index in [2.05, 4.69) is 5.32 Å². The molecule has 2 aliphatic heterocycles. The number of rotatable bonds is 11. The summed E-state index contributed by atoms with van der Waals surface area (Å²) < 4.78 is 49.9. The first-order chi connectivity index (χ1) is 20.4. The van der Waals surface area contributed by atoms with Crippen molar-refractivity contribution in [1.82, 2.24) is 10.2 Å². The molecule has 228 valence electrons. The average Bonchev–Trinajstić information content (AvgIpc) is 3.19. The highest BCUT2D eigenvalue weighted by atomic mass is 19.4. The molecule has 8 nitrogen and oxygen atoms in total. The molecule has 0 saturated heterocycles. The van der Waals surface area contributed by atoms with Gasteiger partial charge in [0.25, 0.3) is 11.8 Å². The van der Waals surface area contributed by atoms with Gasteiger partial charge >= 0.3 is 18.1 Å². The number of ether oxygens (including phenoxy) is 2. The van der Waals surface area contributed by atoms with Gasteiger partial charge in [0.05, 0.1) is 48.3 Å². The lowest BCUT2D eigenvalue weighted by Gasteiger charge is -2.30. The van der Waals surface area contributed by atoms with Crippen molar-refractivity contribution in [2.24, 2.45) is 0 Å². The summed E-state index contributed by atoms with van der Waals surface area (Å²) in [6.45, 7) is 3.63. The van der Waals surface area contributed by atoms with Gasteiger partial charge in [-0.2, -0.15) is 13.2 Å². The zero-order valence-corrected chi connectivity index (χ0v) is 24.2. The fraction of sp³-hybridized carbons (Fsp3) is 0.375. The van der Waals surface area contributed by atoms with Crippen molar-refractivity contribution in [3.05, 3.63) is 93.3 Å². The predicted molar refractivity (Wildman–Crippen MR) is 151 cm³/mol. The van der Waals surface area contributed by atoms with Gasteiger partial charge in [0.2, 0.25) is 0 Å². The van der Waals surface area contributed by atoms with Crippen molar-refractivity contribution in [3.8, 4) is 0 Å². The Kier molecular flexibility index (Phi) is 9.73. The number of allylic oxidation sites excluding steroid dienone is 2. The van der Waals surface area contributed by atoms with Gasteiger partial charge in [-0.3, -0.25) is 14.5 Å².